The van der Waals surface area contributed by atoms with E-state index in [2.05, 4.69) is 5.32 Å². The van der Waals surface area contributed by atoms with Crippen LogP contribution >= 0.6 is 11.6 Å². The van der Waals surface area contributed by atoms with E-state index < -0.39 is 6.04 Å². The molecule has 2 atom stereocenters. The van der Waals surface area contributed by atoms with Crippen LogP contribution < -0.4 is 14.8 Å². The molecule has 3 aliphatic rings. The second-order valence-electron chi connectivity index (χ2n) is 13.6. The van der Waals surface area contributed by atoms with Gasteiger partial charge in [0.15, 0.2) is 0 Å². The van der Waals surface area contributed by atoms with Gasteiger partial charge < -0.3 is 29.3 Å². The SMILES string of the molecule is COC(=O)CCCC(=O)N1C[C@H]2CC(c3ccc(OCCOc4cc(C)c(C)cc4Cl)cc3)=C(C(=O)N(Cc3ccccc3F)C3CC3)[C@@H](C1)N2. The van der Waals surface area contributed by atoms with E-state index in [-0.39, 0.29) is 55.1 Å². The van der Waals surface area contributed by atoms with E-state index in [4.69, 9.17) is 25.8 Å². The molecule has 270 valence electrons. The molecule has 0 unspecified atom stereocenters. The highest BCUT2D eigenvalue weighted by atomic mass is 35.5. The molecule has 2 fully saturated rings. The van der Waals surface area contributed by atoms with Gasteiger partial charge in [0.25, 0.3) is 5.91 Å². The summed E-state index contributed by atoms with van der Waals surface area (Å²) >= 11 is 6.35. The third-order valence-corrected chi connectivity index (χ3v) is 10.2. The van der Waals surface area contributed by atoms with E-state index in [9.17, 15) is 18.8 Å². The van der Waals surface area contributed by atoms with E-state index in [1.54, 1.807) is 28.0 Å². The number of benzene rings is 3. The Bertz CT molecular complexity index is 1790. The van der Waals surface area contributed by atoms with Crippen molar-refractivity contribution in [1.29, 1.82) is 0 Å². The van der Waals surface area contributed by atoms with Gasteiger partial charge in [-0.3, -0.25) is 14.4 Å². The van der Waals surface area contributed by atoms with Gasteiger partial charge in [-0.1, -0.05) is 41.9 Å². The van der Waals surface area contributed by atoms with Crippen molar-refractivity contribution in [2.75, 3.05) is 33.4 Å². The third kappa shape index (κ3) is 8.91. The first-order chi connectivity index (χ1) is 24.6. The first-order valence-electron chi connectivity index (χ1n) is 17.6. The van der Waals surface area contributed by atoms with Crippen molar-refractivity contribution in [2.24, 2.45) is 0 Å². The van der Waals surface area contributed by atoms with Crippen LogP contribution in [-0.2, 0) is 25.7 Å². The fraction of sp³-hybridized carbons (Fsp3) is 0.425. The molecular weight excluding hydrogens is 673 g/mol. The number of ether oxygens (including phenoxy) is 3. The Morgan fingerprint density at radius 2 is 1.69 bits per heavy atom. The molecule has 2 heterocycles. The predicted molar refractivity (Wildman–Crippen MR) is 193 cm³/mol. The Morgan fingerprint density at radius 3 is 2.41 bits per heavy atom. The fourth-order valence-electron chi connectivity index (χ4n) is 6.86. The number of esters is 1. The lowest BCUT2D eigenvalue weighted by Gasteiger charge is -2.45. The number of aryl methyl sites for hydroxylation is 2. The van der Waals surface area contributed by atoms with Gasteiger partial charge in [-0.15, -0.1) is 0 Å². The smallest absolute Gasteiger partial charge is 0.305 e. The summed E-state index contributed by atoms with van der Waals surface area (Å²) in [5, 5.41) is 4.18. The Labute approximate surface area is 303 Å². The highest BCUT2D eigenvalue weighted by Gasteiger charge is 2.43. The molecule has 0 aromatic heterocycles. The van der Waals surface area contributed by atoms with E-state index >= 15 is 0 Å². The van der Waals surface area contributed by atoms with Gasteiger partial charge in [-0.25, -0.2) is 4.39 Å². The molecule has 51 heavy (non-hydrogen) atoms. The van der Waals surface area contributed by atoms with Crippen LogP contribution in [0.25, 0.3) is 5.57 Å². The first-order valence-corrected chi connectivity index (χ1v) is 18.0. The number of amides is 2. The molecule has 0 spiro atoms. The molecule has 11 heteroatoms. The number of fused-ring (bicyclic) bond motifs is 2. The summed E-state index contributed by atoms with van der Waals surface area (Å²) in [6.07, 6.45) is 3.05. The average molecular weight is 718 g/mol. The Hall–Kier alpha value is -4.41. The van der Waals surface area contributed by atoms with Crippen LogP contribution in [0.4, 0.5) is 4.39 Å². The molecule has 6 rings (SSSR count). The number of carbonyl (C=O) groups is 3. The van der Waals surface area contributed by atoms with Gasteiger partial charge >= 0.3 is 5.97 Å². The predicted octanol–water partition coefficient (Wildman–Crippen LogP) is 6.41. The van der Waals surface area contributed by atoms with E-state index in [1.807, 2.05) is 50.2 Å². The normalized spacial score (nSPS) is 18.3. The van der Waals surface area contributed by atoms with Crippen LogP contribution in [0, 0.1) is 19.7 Å². The monoisotopic (exact) mass is 717 g/mol. The Kier molecular flexibility index (Phi) is 11.6. The standard InChI is InChI=1S/C40H45ClFN3O6/c1-25-19-33(41)36(20-26(25)2)51-18-17-50-31-15-11-27(12-16-31)32-21-29-23-44(37(46)9-6-10-38(47)49-3)24-35(43-29)39(32)40(48)45(30-13-14-30)22-28-7-4-5-8-34(28)42/h4-5,7-8,11-12,15-16,19-20,29-30,35,43H,6,9-10,13-14,17-18,21-24H2,1-3H3/t29-,35-/m1/s1. The number of methoxy groups -OCH3 is 1. The minimum atomic E-state index is -0.406. The van der Waals surface area contributed by atoms with Crippen molar-refractivity contribution < 1.29 is 33.0 Å². The van der Waals surface area contributed by atoms with Gasteiger partial charge in [0.2, 0.25) is 5.91 Å². The number of hydrogen-bond donors (Lipinski definition) is 1. The Morgan fingerprint density at radius 1 is 0.961 bits per heavy atom. The number of rotatable bonds is 14. The molecule has 2 amide bonds. The van der Waals surface area contributed by atoms with Crippen LogP contribution in [0.5, 0.6) is 11.5 Å². The Balaban J connectivity index is 1.21. The number of nitrogens with one attached hydrogen (secondary N) is 1. The lowest BCUT2D eigenvalue weighted by molar-refractivity contribution is -0.141. The third-order valence-electron chi connectivity index (χ3n) is 9.89. The molecule has 2 bridgehead atoms. The lowest BCUT2D eigenvalue weighted by Crippen LogP contribution is -2.62. The zero-order valence-electron chi connectivity index (χ0n) is 29.4. The largest absolute Gasteiger partial charge is 0.490 e. The summed E-state index contributed by atoms with van der Waals surface area (Å²) in [5.74, 6) is 0.402. The average Bonchev–Trinajstić information content (AvgIpc) is 3.97. The van der Waals surface area contributed by atoms with Gasteiger partial charge in [0.1, 0.15) is 30.5 Å². The summed E-state index contributed by atoms with van der Waals surface area (Å²) in [7, 11) is 1.34. The maximum absolute atomic E-state index is 14.8. The second kappa shape index (κ2) is 16.3. The van der Waals surface area contributed by atoms with Gasteiger partial charge in [-0.2, -0.15) is 0 Å². The topological polar surface area (TPSA) is 97.4 Å². The summed E-state index contributed by atoms with van der Waals surface area (Å²) < 4.78 is 31.4. The molecule has 1 saturated heterocycles. The quantitative estimate of drug-likeness (QED) is 0.152. The molecule has 2 aliphatic heterocycles. The molecular formula is C40H45ClFN3O6. The van der Waals surface area contributed by atoms with Crippen molar-refractivity contribution >= 4 is 35.0 Å². The molecule has 9 nitrogen and oxygen atoms in total. The lowest BCUT2D eigenvalue weighted by atomic mass is 9.82. The maximum Gasteiger partial charge on any atom is 0.305 e. The van der Waals surface area contributed by atoms with Crippen molar-refractivity contribution in [3.8, 4) is 11.5 Å². The number of piperazine rings is 1. The summed E-state index contributed by atoms with van der Waals surface area (Å²) in [4.78, 5) is 43.2. The summed E-state index contributed by atoms with van der Waals surface area (Å²) in [5.41, 5.74) is 5.10. The minimum absolute atomic E-state index is 0.0277. The van der Waals surface area contributed by atoms with Crippen LogP contribution in [0.3, 0.4) is 0 Å². The zero-order chi connectivity index (χ0) is 36.1. The van der Waals surface area contributed by atoms with Crippen LogP contribution in [0.1, 0.15) is 60.8 Å². The minimum Gasteiger partial charge on any atom is -0.490 e. The molecule has 3 aromatic rings. The van der Waals surface area contributed by atoms with Crippen molar-refractivity contribution in [3.05, 3.63) is 99.3 Å². The molecule has 0 radical (unpaired) electrons. The summed E-state index contributed by atoms with van der Waals surface area (Å²) in [6, 6.07) is 17.7. The van der Waals surface area contributed by atoms with Crippen molar-refractivity contribution in [2.45, 2.75) is 77.0 Å². The number of carbonyl (C=O) groups excluding carboxylic acids is 3. The summed E-state index contributed by atoms with van der Waals surface area (Å²) in [6.45, 7) is 5.64. The van der Waals surface area contributed by atoms with E-state index in [1.165, 1.54) is 13.2 Å². The van der Waals surface area contributed by atoms with Gasteiger partial charge in [0.05, 0.1) is 18.2 Å². The maximum atomic E-state index is 14.8. The van der Waals surface area contributed by atoms with Crippen molar-refractivity contribution in [3.63, 3.8) is 0 Å². The second-order valence-corrected chi connectivity index (χ2v) is 14.0. The highest BCUT2D eigenvalue weighted by Crippen LogP contribution is 2.38. The molecule has 1 aliphatic carbocycles. The molecule has 1 N–H and O–H groups in total. The number of nitrogens with zero attached hydrogens (tertiary/aromatic N) is 2. The van der Waals surface area contributed by atoms with Crippen molar-refractivity contribution in [1.82, 2.24) is 15.1 Å². The van der Waals surface area contributed by atoms with Gasteiger partial charge in [-0.05, 0) is 92.1 Å². The zero-order valence-corrected chi connectivity index (χ0v) is 30.1. The van der Waals surface area contributed by atoms with Crippen LogP contribution in [-0.4, -0.2) is 79.1 Å². The van der Waals surface area contributed by atoms with Crippen LogP contribution in [0.2, 0.25) is 5.02 Å². The number of hydrogen-bond acceptors (Lipinski definition) is 7. The number of halogens is 2. The van der Waals surface area contributed by atoms with Gasteiger partial charge in [0, 0.05) is 55.7 Å². The molecule has 1 saturated carbocycles. The van der Waals surface area contributed by atoms with Crippen LogP contribution in [0.15, 0.2) is 66.2 Å². The van der Waals surface area contributed by atoms with E-state index in [0.29, 0.717) is 66.8 Å². The van der Waals surface area contributed by atoms with E-state index in [0.717, 1.165) is 35.1 Å². The molecule has 3 aromatic carbocycles. The highest BCUT2D eigenvalue weighted by molar-refractivity contribution is 6.32. The first kappa shape index (κ1) is 36.4. The fourth-order valence-corrected chi connectivity index (χ4v) is 7.13.